The summed E-state index contributed by atoms with van der Waals surface area (Å²) >= 11 is 1.73. The van der Waals surface area contributed by atoms with Gasteiger partial charge >= 0.3 is 0 Å². The molecule has 0 fully saturated rings. The van der Waals surface area contributed by atoms with E-state index in [2.05, 4.69) is 39.8 Å². The van der Waals surface area contributed by atoms with Crippen LogP contribution in [0.2, 0.25) is 0 Å². The van der Waals surface area contributed by atoms with Gasteiger partial charge in [0.25, 0.3) is 0 Å². The van der Waals surface area contributed by atoms with E-state index in [4.69, 9.17) is 9.47 Å². The Bertz CT molecular complexity index is 689. The van der Waals surface area contributed by atoms with Crippen LogP contribution in [0.5, 0.6) is 11.5 Å². The summed E-state index contributed by atoms with van der Waals surface area (Å²) in [5, 5.41) is 9.87. The van der Waals surface area contributed by atoms with Crippen LogP contribution in [0.15, 0.2) is 34.6 Å². The zero-order valence-electron chi connectivity index (χ0n) is 16.3. The molecule has 2 aromatic rings. The Morgan fingerprint density at radius 2 is 1.81 bits per heavy atom. The quantitative estimate of drug-likeness (QED) is 0.236. The Kier molecular flexibility index (Phi) is 11.1. The number of guanidine groups is 1. The number of nitrogens with zero attached hydrogens (tertiary/aromatic N) is 2. The van der Waals surface area contributed by atoms with Crippen molar-refractivity contribution in [3.05, 3.63) is 40.3 Å². The predicted octanol–water partition coefficient (Wildman–Crippen LogP) is 3.68. The van der Waals surface area contributed by atoms with E-state index in [1.807, 2.05) is 24.3 Å². The SMILES string of the molecule is CN=C(NCCOc1ccc(OC)cc1)NCCc1csc(C(C)C)n1.I. The van der Waals surface area contributed by atoms with Crippen LogP contribution < -0.4 is 20.1 Å². The van der Waals surface area contributed by atoms with Crippen molar-refractivity contribution >= 4 is 41.3 Å². The lowest BCUT2D eigenvalue weighted by Crippen LogP contribution is -2.40. The van der Waals surface area contributed by atoms with Crippen LogP contribution in [0.3, 0.4) is 0 Å². The Labute approximate surface area is 182 Å². The summed E-state index contributed by atoms with van der Waals surface area (Å²) in [4.78, 5) is 8.87. The third-order valence-corrected chi connectivity index (χ3v) is 4.88. The van der Waals surface area contributed by atoms with Gasteiger partial charge in [-0.3, -0.25) is 4.99 Å². The number of rotatable bonds is 9. The van der Waals surface area contributed by atoms with Crippen molar-refractivity contribution in [2.45, 2.75) is 26.2 Å². The molecule has 0 aliphatic carbocycles. The minimum Gasteiger partial charge on any atom is -0.497 e. The molecule has 27 heavy (non-hydrogen) atoms. The number of ether oxygens (including phenoxy) is 2. The van der Waals surface area contributed by atoms with Crippen molar-refractivity contribution in [3.8, 4) is 11.5 Å². The van der Waals surface area contributed by atoms with Crippen LogP contribution in [0, 0.1) is 0 Å². The fourth-order valence-corrected chi connectivity index (χ4v) is 3.11. The minimum atomic E-state index is 0. The Morgan fingerprint density at radius 1 is 1.15 bits per heavy atom. The average Bonchev–Trinajstić information content (AvgIpc) is 3.13. The van der Waals surface area contributed by atoms with Crippen LogP contribution in [0.4, 0.5) is 0 Å². The summed E-state index contributed by atoms with van der Waals surface area (Å²) in [6.45, 7) is 6.35. The largest absolute Gasteiger partial charge is 0.497 e. The number of hydrogen-bond donors (Lipinski definition) is 2. The zero-order chi connectivity index (χ0) is 18.8. The highest BCUT2D eigenvalue weighted by Gasteiger charge is 2.06. The van der Waals surface area contributed by atoms with Gasteiger partial charge in [0.2, 0.25) is 0 Å². The average molecular weight is 504 g/mol. The number of methoxy groups -OCH3 is 1. The van der Waals surface area contributed by atoms with Crippen LogP contribution in [-0.4, -0.2) is 44.8 Å². The van der Waals surface area contributed by atoms with Crippen LogP contribution in [0.25, 0.3) is 0 Å². The summed E-state index contributed by atoms with van der Waals surface area (Å²) in [5.41, 5.74) is 1.13. The highest BCUT2D eigenvalue weighted by atomic mass is 127. The first kappa shape index (κ1) is 23.5. The number of benzene rings is 1. The van der Waals surface area contributed by atoms with Crippen molar-refractivity contribution < 1.29 is 9.47 Å². The van der Waals surface area contributed by atoms with E-state index < -0.39 is 0 Å². The fraction of sp³-hybridized carbons (Fsp3) is 0.474. The molecule has 2 rings (SSSR count). The molecule has 2 N–H and O–H groups in total. The lowest BCUT2D eigenvalue weighted by molar-refractivity contribution is 0.321. The zero-order valence-corrected chi connectivity index (χ0v) is 19.5. The predicted molar refractivity (Wildman–Crippen MR) is 123 cm³/mol. The van der Waals surface area contributed by atoms with Gasteiger partial charge in [0.05, 0.1) is 24.4 Å². The lowest BCUT2D eigenvalue weighted by Gasteiger charge is -2.12. The Balaban J connectivity index is 0.00000364. The van der Waals surface area contributed by atoms with Gasteiger partial charge in [-0.2, -0.15) is 0 Å². The van der Waals surface area contributed by atoms with Crippen molar-refractivity contribution in [1.82, 2.24) is 15.6 Å². The normalized spacial score (nSPS) is 11.1. The van der Waals surface area contributed by atoms with Crippen molar-refractivity contribution in [2.24, 2.45) is 4.99 Å². The molecular formula is C19H29IN4O2S. The van der Waals surface area contributed by atoms with Crippen LogP contribution in [0.1, 0.15) is 30.5 Å². The molecule has 8 heteroatoms. The van der Waals surface area contributed by atoms with Crippen LogP contribution >= 0.6 is 35.3 Å². The number of aliphatic imine (C=N–C) groups is 1. The topological polar surface area (TPSA) is 67.8 Å². The third kappa shape index (κ3) is 8.34. The van der Waals surface area contributed by atoms with Gasteiger partial charge in [-0.05, 0) is 24.3 Å². The maximum absolute atomic E-state index is 5.69. The molecule has 1 aromatic heterocycles. The van der Waals surface area contributed by atoms with Gasteiger partial charge in [0.1, 0.15) is 18.1 Å². The Hall–Kier alpha value is -1.55. The smallest absolute Gasteiger partial charge is 0.191 e. The molecule has 0 unspecified atom stereocenters. The molecular weight excluding hydrogens is 475 g/mol. The van der Waals surface area contributed by atoms with Crippen molar-refractivity contribution in [2.75, 3.05) is 33.9 Å². The van der Waals surface area contributed by atoms with E-state index >= 15 is 0 Å². The number of thiazole rings is 1. The molecule has 0 aliphatic heterocycles. The van der Waals surface area contributed by atoms with Crippen LogP contribution in [-0.2, 0) is 6.42 Å². The molecule has 0 spiro atoms. The maximum Gasteiger partial charge on any atom is 0.191 e. The monoisotopic (exact) mass is 504 g/mol. The highest BCUT2D eigenvalue weighted by Crippen LogP contribution is 2.19. The van der Waals surface area contributed by atoms with Gasteiger partial charge in [-0.1, -0.05) is 13.8 Å². The summed E-state index contributed by atoms with van der Waals surface area (Å²) in [6.07, 6.45) is 0.881. The van der Waals surface area contributed by atoms with Gasteiger partial charge in [0, 0.05) is 31.3 Å². The lowest BCUT2D eigenvalue weighted by atomic mass is 10.2. The molecule has 6 nitrogen and oxygen atoms in total. The fourth-order valence-electron chi connectivity index (χ4n) is 2.24. The van der Waals surface area contributed by atoms with E-state index in [0.29, 0.717) is 19.1 Å². The summed E-state index contributed by atoms with van der Waals surface area (Å²) in [7, 11) is 3.41. The van der Waals surface area contributed by atoms with E-state index in [9.17, 15) is 0 Å². The minimum absolute atomic E-state index is 0. The number of hydrogen-bond acceptors (Lipinski definition) is 5. The summed E-state index contributed by atoms with van der Waals surface area (Å²) < 4.78 is 10.8. The van der Waals surface area contributed by atoms with E-state index in [0.717, 1.165) is 36.1 Å². The van der Waals surface area contributed by atoms with E-state index in [1.165, 1.54) is 5.01 Å². The number of halogens is 1. The second-order valence-electron chi connectivity index (χ2n) is 6.03. The molecule has 1 aromatic carbocycles. The second-order valence-corrected chi connectivity index (χ2v) is 6.92. The molecule has 0 bridgehead atoms. The molecule has 0 amide bonds. The van der Waals surface area contributed by atoms with Gasteiger partial charge in [-0.25, -0.2) is 4.98 Å². The van der Waals surface area contributed by atoms with Gasteiger partial charge in [-0.15, -0.1) is 35.3 Å². The van der Waals surface area contributed by atoms with Crippen molar-refractivity contribution in [3.63, 3.8) is 0 Å². The number of nitrogens with one attached hydrogen (secondary N) is 2. The molecule has 0 atom stereocenters. The molecule has 0 saturated heterocycles. The molecule has 0 radical (unpaired) electrons. The first-order chi connectivity index (χ1) is 12.6. The van der Waals surface area contributed by atoms with Gasteiger partial charge in [0.15, 0.2) is 5.96 Å². The molecule has 1 heterocycles. The Morgan fingerprint density at radius 3 is 2.41 bits per heavy atom. The van der Waals surface area contributed by atoms with E-state index in [-0.39, 0.29) is 24.0 Å². The first-order valence-corrected chi connectivity index (χ1v) is 9.66. The maximum atomic E-state index is 5.69. The second kappa shape index (κ2) is 12.8. The first-order valence-electron chi connectivity index (χ1n) is 8.78. The van der Waals surface area contributed by atoms with E-state index in [1.54, 1.807) is 25.5 Å². The molecule has 0 saturated carbocycles. The van der Waals surface area contributed by atoms with Gasteiger partial charge < -0.3 is 20.1 Å². The summed E-state index contributed by atoms with van der Waals surface area (Å²) in [5.74, 6) is 2.89. The van der Waals surface area contributed by atoms with Crippen molar-refractivity contribution in [1.29, 1.82) is 0 Å². The third-order valence-electron chi connectivity index (χ3n) is 3.68. The highest BCUT2D eigenvalue weighted by molar-refractivity contribution is 14.0. The molecule has 150 valence electrons. The standard InChI is InChI=1S/C19H28N4O2S.HI/c1-14(2)18-23-15(13-26-18)9-10-21-19(20-3)22-11-12-25-17-7-5-16(24-4)6-8-17;/h5-8,13-14H,9-12H2,1-4H3,(H2,20,21,22);1H. The summed E-state index contributed by atoms with van der Waals surface area (Å²) in [6, 6.07) is 7.55. The molecule has 0 aliphatic rings. The number of aromatic nitrogens is 1.